The van der Waals surface area contributed by atoms with Gasteiger partial charge < -0.3 is 10.6 Å². The van der Waals surface area contributed by atoms with Crippen LogP contribution in [-0.4, -0.2) is 24.4 Å². The maximum Gasteiger partial charge on any atom is 0.242 e. The van der Waals surface area contributed by atoms with Crippen LogP contribution in [0.25, 0.3) is 0 Å². The third-order valence-corrected chi connectivity index (χ3v) is 3.56. The Hall–Kier alpha value is -1.06. The van der Waals surface area contributed by atoms with Crippen molar-refractivity contribution in [3.8, 4) is 0 Å². The van der Waals surface area contributed by atoms with Crippen LogP contribution < -0.4 is 10.6 Å². The Labute approximate surface area is 116 Å². The van der Waals surface area contributed by atoms with Crippen molar-refractivity contribution in [1.82, 2.24) is 10.6 Å². The number of nitrogens with one attached hydrogen (secondary N) is 2. The summed E-state index contributed by atoms with van der Waals surface area (Å²) in [7, 11) is 0. The molecule has 0 aromatic carbocycles. The molecule has 4 heteroatoms. The monoisotopic (exact) mass is 268 g/mol. The summed E-state index contributed by atoms with van der Waals surface area (Å²) in [5.41, 5.74) is 0. The lowest BCUT2D eigenvalue weighted by molar-refractivity contribution is -0.128. The Morgan fingerprint density at radius 1 is 1.32 bits per heavy atom. The maximum atomic E-state index is 11.8. The summed E-state index contributed by atoms with van der Waals surface area (Å²) in [4.78, 5) is 23.5. The van der Waals surface area contributed by atoms with Crippen LogP contribution in [0.2, 0.25) is 0 Å². The first kappa shape index (κ1) is 16.0. The van der Waals surface area contributed by atoms with E-state index in [0.29, 0.717) is 6.42 Å². The Morgan fingerprint density at radius 3 is 2.84 bits per heavy atom. The van der Waals surface area contributed by atoms with E-state index < -0.39 is 0 Å². The molecule has 1 aliphatic rings. The molecular formula is C15H28N2O2. The van der Waals surface area contributed by atoms with E-state index in [1.807, 2.05) is 0 Å². The minimum absolute atomic E-state index is 0.0200. The van der Waals surface area contributed by atoms with Gasteiger partial charge in [0.2, 0.25) is 11.8 Å². The Morgan fingerprint density at radius 2 is 2.11 bits per heavy atom. The van der Waals surface area contributed by atoms with E-state index in [4.69, 9.17) is 0 Å². The van der Waals surface area contributed by atoms with Crippen LogP contribution in [0.5, 0.6) is 0 Å². The summed E-state index contributed by atoms with van der Waals surface area (Å²) >= 11 is 0. The highest BCUT2D eigenvalue weighted by Gasteiger charge is 2.21. The average Bonchev–Trinajstić information content (AvgIpc) is 2.54. The molecule has 1 rings (SSSR count). The van der Waals surface area contributed by atoms with E-state index in [1.54, 1.807) is 0 Å². The quantitative estimate of drug-likeness (QED) is 0.696. The fraction of sp³-hybridized carbons (Fsp3) is 0.867. The highest BCUT2D eigenvalue weighted by molar-refractivity contribution is 5.87. The fourth-order valence-electron chi connectivity index (χ4n) is 2.36. The highest BCUT2D eigenvalue weighted by Crippen LogP contribution is 2.10. The zero-order valence-electron chi connectivity index (χ0n) is 12.3. The normalized spacial score (nSPS) is 19.9. The summed E-state index contributed by atoms with van der Waals surface area (Å²) < 4.78 is 0. The first-order valence-electron chi connectivity index (χ1n) is 7.66. The van der Waals surface area contributed by atoms with Gasteiger partial charge in [-0.3, -0.25) is 9.59 Å². The van der Waals surface area contributed by atoms with E-state index in [1.165, 1.54) is 12.8 Å². The summed E-state index contributed by atoms with van der Waals surface area (Å²) in [5, 5.41) is 5.69. The van der Waals surface area contributed by atoms with Crippen molar-refractivity contribution in [1.29, 1.82) is 0 Å². The Balaban J connectivity index is 2.14. The van der Waals surface area contributed by atoms with Crippen molar-refractivity contribution >= 4 is 11.8 Å². The lowest BCUT2D eigenvalue weighted by atomic mass is 10.0. The van der Waals surface area contributed by atoms with Crippen molar-refractivity contribution < 1.29 is 9.59 Å². The first-order valence-corrected chi connectivity index (χ1v) is 7.66. The number of rotatable bonds is 7. The number of hydrogen-bond acceptors (Lipinski definition) is 2. The minimum atomic E-state index is -0.314. The smallest absolute Gasteiger partial charge is 0.242 e. The van der Waals surface area contributed by atoms with Gasteiger partial charge in [0.25, 0.3) is 0 Å². The van der Waals surface area contributed by atoms with Gasteiger partial charge in [-0.2, -0.15) is 0 Å². The highest BCUT2D eigenvalue weighted by atomic mass is 16.2. The van der Waals surface area contributed by atoms with Gasteiger partial charge in [-0.25, -0.2) is 0 Å². The van der Waals surface area contributed by atoms with Crippen LogP contribution in [0.3, 0.4) is 0 Å². The van der Waals surface area contributed by atoms with Crippen molar-refractivity contribution in [2.24, 2.45) is 5.92 Å². The standard InChI is InChI=1S/C15H28N2O2/c1-12(2)8-4-3-5-10-14(18)17-13-9-6-7-11-16-15(13)19/h12-13H,3-11H2,1-2H3,(H,16,19)(H,17,18). The average molecular weight is 268 g/mol. The molecule has 1 fully saturated rings. The minimum Gasteiger partial charge on any atom is -0.354 e. The second-order valence-corrected chi connectivity index (χ2v) is 5.90. The summed E-state index contributed by atoms with van der Waals surface area (Å²) in [6, 6.07) is -0.314. The Bertz CT molecular complexity index is 290. The molecule has 0 aromatic heterocycles. The molecular weight excluding hydrogens is 240 g/mol. The summed E-state index contributed by atoms with van der Waals surface area (Å²) in [6.07, 6.45) is 7.76. The molecule has 1 heterocycles. The first-order chi connectivity index (χ1) is 9.09. The maximum absolute atomic E-state index is 11.8. The number of carbonyl (C=O) groups is 2. The predicted molar refractivity (Wildman–Crippen MR) is 76.7 cm³/mol. The molecule has 0 spiro atoms. The van der Waals surface area contributed by atoms with Crippen LogP contribution >= 0.6 is 0 Å². The largest absolute Gasteiger partial charge is 0.354 e. The van der Waals surface area contributed by atoms with Crippen LogP contribution in [0.15, 0.2) is 0 Å². The zero-order valence-corrected chi connectivity index (χ0v) is 12.3. The third-order valence-electron chi connectivity index (χ3n) is 3.56. The second kappa shape index (κ2) is 8.94. The molecule has 0 saturated carbocycles. The molecule has 0 aromatic rings. The molecule has 0 radical (unpaired) electrons. The fourth-order valence-corrected chi connectivity index (χ4v) is 2.36. The SMILES string of the molecule is CC(C)CCCCCC(=O)NC1CCCCNC1=O. The van der Waals surface area contributed by atoms with E-state index in [2.05, 4.69) is 24.5 Å². The van der Waals surface area contributed by atoms with E-state index in [-0.39, 0.29) is 17.9 Å². The molecule has 1 unspecified atom stereocenters. The summed E-state index contributed by atoms with van der Waals surface area (Å²) in [5.74, 6) is 0.737. The molecule has 110 valence electrons. The second-order valence-electron chi connectivity index (χ2n) is 5.90. The molecule has 19 heavy (non-hydrogen) atoms. The van der Waals surface area contributed by atoms with Gasteiger partial charge in [0.15, 0.2) is 0 Å². The van der Waals surface area contributed by atoms with Crippen LogP contribution in [0.1, 0.15) is 65.2 Å². The van der Waals surface area contributed by atoms with Gasteiger partial charge in [0, 0.05) is 13.0 Å². The number of carbonyl (C=O) groups excluding carboxylic acids is 2. The van der Waals surface area contributed by atoms with Crippen LogP contribution in [0.4, 0.5) is 0 Å². The third kappa shape index (κ3) is 7.19. The molecule has 2 N–H and O–H groups in total. The lowest BCUT2D eigenvalue weighted by Crippen LogP contribution is -2.45. The molecule has 0 aliphatic carbocycles. The molecule has 2 amide bonds. The molecule has 1 saturated heterocycles. The number of hydrogen-bond donors (Lipinski definition) is 2. The van der Waals surface area contributed by atoms with Crippen molar-refractivity contribution in [3.05, 3.63) is 0 Å². The van der Waals surface area contributed by atoms with Gasteiger partial charge in [0.1, 0.15) is 6.04 Å². The van der Waals surface area contributed by atoms with Gasteiger partial charge >= 0.3 is 0 Å². The zero-order chi connectivity index (χ0) is 14.1. The summed E-state index contributed by atoms with van der Waals surface area (Å²) in [6.45, 7) is 5.18. The molecule has 0 bridgehead atoms. The van der Waals surface area contributed by atoms with Crippen LogP contribution in [0, 0.1) is 5.92 Å². The number of amides is 2. The van der Waals surface area contributed by atoms with Gasteiger partial charge in [0.05, 0.1) is 0 Å². The van der Waals surface area contributed by atoms with Crippen LogP contribution in [-0.2, 0) is 9.59 Å². The lowest BCUT2D eigenvalue weighted by Gasteiger charge is -2.15. The van der Waals surface area contributed by atoms with Gasteiger partial charge in [-0.05, 0) is 31.6 Å². The van der Waals surface area contributed by atoms with Gasteiger partial charge in [-0.1, -0.05) is 33.1 Å². The molecule has 1 aliphatic heterocycles. The number of unbranched alkanes of at least 4 members (excludes halogenated alkanes) is 2. The molecule has 4 nitrogen and oxygen atoms in total. The Kier molecular flexibility index (Phi) is 7.53. The van der Waals surface area contributed by atoms with Crippen molar-refractivity contribution in [2.75, 3.05) is 6.54 Å². The topological polar surface area (TPSA) is 58.2 Å². The van der Waals surface area contributed by atoms with E-state index >= 15 is 0 Å². The van der Waals surface area contributed by atoms with Gasteiger partial charge in [-0.15, -0.1) is 0 Å². The van der Waals surface area contributed by atoms with E-state index in [9.17, 15) is 9.59 Å². The van der Waals surface area contributed by atoms with E-state index in [0.717, 1.165) is 44.6 Å². The predicted octanol–water partition coefficient (Wildman–Crippen LogP) is 2.38. The van der Waals surface area contributed by atoms with Crippen molar-refractivity contribution in [2.45, 2.75) is 71.3 Å². The van der Waals surface area contributed by atoms with Crippen molar-refractivity contribution in [3.63, 3.8) is 0 Å². The molecule has 1 atom stereocenters.